The Hall–Kier alpha value is -1.94. The number of rotatable bonds is 4. The van der Waals surface area contributed by atoms with E-state index in [-0.39, 0.29) is 5.78 Å². The van der Waals surface area contributed by atoms with E-state index in [4.69, 9.17) is 5.11 Å². The number of hydrogen-bond acceptors (Lipinski definition) is 3. The van der Waals surface area contributed by atoms with Gasteiger partial charge < -0.3 is 5.11 Å². The first kappa shape index (κ1) is 13.5. The Labute approximate surface area is 115 Å². The summed E-state index contributed by atoms with van der Waals surface area (Å²) in [4.78, 5) is 23.9. The van der Waals surface area contributed by atoms with Crippen LogP contribution in [0.4, 0.5) is 0 Å². The molecule has 0 aliphatic rings. The maximum atomic E-state index is 12.2. The summed E-state index contributed by atoms with van der Waals surface area (Å²) in [6, 6.07) is 8.84. The van der Waals surface area contributed by atoms with Crippen LogP contribution in [0, 0.1) is 6.92 Å². The normalized spacial score (nSPS) is 12.1. The van der Waals surface area contributed by atoms with E-state index in [1.807, 2.05) is 18.4 Å². The second-order valence-electron chi connectivity index (χ2n) is 4.44. The largest absolute Gasteiger partial charge is 0.481 e. The lowest BCUT2D eigenvalue weighted by atomic mass is 9.95. The standard InChI is InChI=1S/C15H14O3S/c1-9-8-11(10(2)15(17)18)5-6-12(9)14(16)13-4-3-7-19-13/h3-8,10H,1-2H3,(H,17,18). The Bertz CT molecular complexity index is 614. The van der Waals surface area contributed by atoms with Gasteiger partial charge in [0.25, 0.3) is 0 Å². The summed E-state index contributed by atoms with van der Waals surface area (Å²) in [6.45, 7) is 3.47. The van der Waals surface area contributed by atoms with Gasteiger partial charge in [-0.15, -0.1) is 11.3 Å². The molecule has 0 amide bonds. The van der Waals surface area contributed by atoms with Gasteiger partial charge in [0, 0.05) is 5.56 Å². The summed E-state index contributed by atoms with van der Waals surface area (Å²) in [7, 11) is 0. The fourth-order valence-corrected chi connectivity index (χ4v) is 2.57. The molecule has 1 aromatic carbocycles. The number of carbonyl (C=O) groups is 2. The summed E-state index contributed by atoms with van der Waals surface area (Å²) in [6.07, 6.45) is 0. The lowest BCUT2D eigenvalue weighted by Gasteiger charge is -2.10. The van der Waals surface area contributed by atoms with Crippen molar-refractivity contribution in [1.82, 2.24) is 0 Å². The number of aryl methyl sites for hydroxylation is 1. The van der Waals surface area contributed by atoms with Crippen LogP contribution in [0.15, 0.2) is 35.7 Å². The highest BCUT2D eigenvalue weighted by atomic mass is 32.1. The Morgan fingerprint density at radius 1 is 1.26 bits per heavy atom. The highest BCUT2D eigenvalue weighted by molar-refractivity contribution is 7.12. The van der Waals surface area contributed by atoms with Crippen LogP contribution < -0.4 is 0 Å². The van der Waals surface area contributed by atoms with Gasteiger partial charge in [-0.3, -0.25) is 9.59 Å². The summed E-state index contributed by atoms with van der Waals surface area (Å²) in [5.41, 5.74) is 2.15. The Morgan fingerprint density at radius 3 is 2.53 bits per heavy atom. The van der Waals surface area contributed by atoms with Gasteiger partial charge in [-0.05, 0) is 36.4 Å². The summed E-state index contributed by atoms with van der Waals surface area (Å²) < 4.78 is 0. The number of carboxylic acids is 1. The van der Waals surface area contributed by atoms with Crippen molar-refractivity contribution in [2.75, 3.05) is 0 Å². The molecular formula is C15H14O3S. The van der Waals surface area contributed by atoms with Gasteiger partial charge >= 0.3 is 5.97 Å². The fourth-order valence-electron chi connectivity index (χ4n) is 1.89. The molecule has 1 heterocycles. The van der Waals surface area contributed by atoms with Crippen molar-refractivity contribution < 1.29 is 14.7 Å². The third-order valence-corrected chi connectivity index (χ3v) is 3.98. The van der Waals surface area contributed by atoms with Crippen molar-refractivity contribution in [1.29, 1.82) is 0 Å². The minimum absolute atomic E-state index is 0.0120. The molecule has 1 unspecified atom stereocenters. The van der Waals surface area contributed by atoms with Crippen LogP contribution in [-0.2, 0) is 4.79 Å². The highest BCUT2D eigenvalue weighted by Crippen LogP contribution is 2.22. The minimum Gasteiger partial charge on any atom is -0.481 e. The number of carboxylic acid groups (broad SMARTS) is 1. The lowest BCUT2D eigenvalue weighted by molar-refractivity contribution is -0.138. The number of hydrogen-bond donors (Lipinski definition) is 1. The lowest BCUT2D eigenvalue weighted by Crippen LogP contribution is -2.09. The molecule has 19 heavy (non-hydrogen) atoms. The second kappa shape index (κ2) is 5.36. The molecule has 0 bridgehead atoms. The molecule has 0 saturated heterocycles. The van der Waals surface area contributed by atoms with E-state index < -0.39 is 11.9 Å². The molecule has 4 heteroatoms. The maximum Gasteiger partial charge on any atom is 0.310 e. The van der Waals surface area contributed by atoms with E-state index in [0.717, 1.165) is 5.56 Å². The summed E-state index contributed by atoms with van der Waals surface area (Å²) in [5, 5.41) is 10.9. The van der Waals surface area contributed by atoms with Crippen LogP contribution in [0.1, 0.15) is 39.2 Å². The third kappa shape index (κ3) is 2.74. The molecule has 3 nitrogen and oxygen atoms in total. The smallest absolute Gasteiger partial charge is 0.310 e. The molecule has 1 atom stereocenters. The number of thiophene rings is 1. The molecular weight excluding hydrogens is 260 g/mol. The van der Waals surface area contributed by atoms with E-state index in [2.05, 4.69) is 0 Å². The molecule has 1 N–H and O–H groups in total. The van der Waals surface area contributed by atoms with Crippen LogP contribution in [-0.4, -0.2) is 16.9 Å². The second-order valence-corrected chi connectivity index (χ2v) is 5.39. The molecule has 0 aliphatic heterocycles. The molecule has 0 saturated carbocycles. The average Bonchev–Trinajstić information content (AvgIpc) is 2.90. The van der Waals surface area contributed by atoms with E-state index >= 15 is 0 Å². The first-order valence-electron chi connectivity index (χ1n) is 5.92. The number of aliphatic carboxylic acids is 1. The van der Waals surface area contributed by atoms with Crippen molar-refractivity contribution in [2.24, 2.45) is 0 Å². The molecule has 2 aromatic rings. The van der Waals surface area contributed by atoms with Crippen molar-refractivity contribution in [3.05, 3.63) is 57.3 Å². The van der Waals surface area contributed by atoms with Crippen LogP contribution in [0.5, 0.6) is 0 Å². The van der Waals surface area contributed by atoms with Crippen molar-refractivity contribution in [3.8, 4) is 0 Å². The first-order valence-corrected chi connectivity index (χ1v) is 6.80. The molecule has 0 radical (unpaired) electrons. The van der Waals surface area contributed by atoms with Gasteiger partial charge in [-0.1, -0.05) is 24.3 Å². The van der Waals surface area contributed by atoms with E-state index in [0.29, 0.717) is 16.0 Å². The van der Waals surface area contributed by atoms with Gasteiger partial charge in [0.05, 0.1) is 10.8 Å². The van der Waals surface area contributed by atoms with Crippen LogP contribution in [0.25, 0.3) is 0 Å². The predicted molar refractivity (Wildman–Crippen MR) is 75.0 cm³/mol. The topological polar surface area (TPSA) is 54.4 Å². The van der Waals surface area contributed by atoms with Crippen molar-refractivity contribution >= 4 is 23.1 Å². The molecule has 0 fully saturated rings. The third-order valence-electron chi connectivity index (χ3n) is 3.11. The quantitative estimate of drug-likeness (QED) is 0.868. The summed E-state index contributed by atoms with van der Waals surface area (Å²) in [5.74, 6) is -1.44. The molecule has 0 spiro atoms. The fraction of sp³-hybridized carbons (Fsp3) is 0.200. The maximum absolute atomic E-state index is 12.2. The Balaban J connectivity index is 2.35. The zero-order valence-corrected chi connectivity index (χ0v) is 11.5. The SMILES string of the molecule is Cc1cc(C(C)C(=O)O)ccc1C(=O)c1cccs1. The van der Waals surface area contributed by atoms with Gasteiger partial charge in [0.1, 0.15) is 0 Å². The van der Waals surface area contributed by atoms with E-state index in [1.165, 1.54) is 11.3 Å². The monoisotopic (exact) mass is 274 g/mol. The number of benzene rings is 1. The van der Waals surface area contributed by atoms with Gasteiger partial charge in [0.2, 0.25) is 5.78 Å². The van der Waals surface area contributed by atoms with Crippen LogP contribution in [0.3, 0.4) is 0 Å². The zero-order valence-electron chi connectivity index (χ0n) is 10.7. The van der Waals surface area contributed by atoms with Crippen molar-refractivity contribution in [2.45, 2.75) is 19.8 Å². The highest BCUT2D eigenvalue weighted by Gasteiger charge is 2.17. The van der Waals surface area contributed by atoms with Crippen LogP contribution >= 0.6 is 11.3 Å². The predicted octanol–water partition coefficient (Wildman–Crippen LogP) is 3.48. The van der Waals surface area contributed by atoms with Gasteiger partial charge in [-0.2, -0.15) is 0 Å². The number of carbonyl (C=O) groups excluding carboxylic acids is 1. The van der Waals surface area contributed by atoms with Gasteiger partial charge in [-0.25, -0.2) is 0 Å². The first-order chi connectivity index (χ1) is 9.00. The van der Waals surface area contributed by atoms with Crippen molar-refractivity contribution in [3.63, 3.8) is 0 Å². The molecule has 1 aromatic heterocycles. The Morgan fingerprint density at radius 2 is 2.00 bits per heavy atom. The van der Waals surface area contributed by atoms with E-state index in [1.54, 1.807) is 31.2 Å². The van der Waals surface area contributed by atoms with E-state index in [9.17, 15) is 9.59 Å². The van der Waals surface area contributed by atoms with Crippen LogP contribution in [0.2, 0.25) is 0 Å². The number of ketones is 1. The minimum atomic E-state index is -0.864. The molecule has 98 valence electrons. The average molecular weight is 274 g/mol. The zero-order chi connectivity index (χ0) is 14.0. The van der Waals surface area contributed by atoms with Gasteiger partial charge in [0.15, 0.2) is 0 Å². The summed E-state index contributed by atoms with van der Waals surface area (Å²) >= 11 is 1.41. The molecule has 2 rings (SSSR count). The Kier molecular flexibility index (Phi) is 3.81. The molecule has 0 aliphatic carbocycles.